The molecule has 5 nitrogen and oxygen atoms in total. The molecule has 2 aliphatic rings. The molecular formula is C21H20ClNO4. The molecule has 2 unspecified atom stereocenters. The summed E-state index contributed by atoms with van der Waals surface area (Å²) in [6.45, 7) is 1.71. The summed E-state index contributed by atoms with van der Waals surface area (Å²) >= 11 is 6.32. The lowest BCUT2D eigenvalue weighted by Crippen LogP contribution is -2.37. The topological polar surface area (TPSA) is 67.8 Å². The van der Waals surface area contributed by atoms with E-state index in [0.29, 0.717) is 16.5 Å². The van der Waals surface area contributed by atoms with Gasteiger partial charge in [0.15, 0.2) is 6.10 Å². The average molecular weight is 386 g/mol. The highest BCUT2D eigenvalue weighted by atomic mass is 35.5. The average Bonchev–Trinajstić information content (AvgIpc) is 3.45. The molecule has 1 aliphatic heterocycles. The fraction of sp³-hybridized carbons (Fsp3) is 0.286. The number of carbonyl (C=O) groups excluding carboxylic acids is 1. The first-order valence-electron chi connectivity index (χ1n) is 8.94. The smallest absolute Gasteiger partial charge is 0.260 e. The van der Waals surface area contributed by atoms with Gasteiger partial charge in [-0.1, -0.05) is 29.8 Å². The molecule has 27 heavy (non-hydrogen) atoms. The van der Waals surface area contributed by atoms with Crippen molar-refractivity contribution in [3.05, 3.63) is 64.7 Å². The number of aliphatic hydroxyl groups excluding tert-OH is 1. The molecule has 0 saturated heterocycles. The minimum atomic E-state index is -1.09. The second-order valence-electron chi connectivity index (χ2n) is 6.77. The molecule has 1 aliphatic carbocycles. The maximum atomic E-state index is 12.1. The monoisotopic (exact) mass is 385 g/mol. The summed E-state index contributed by atoms with van der Waals surface area (Å²) < 4.78 is 11.3. The van der Waals surface area contributed by atoms with Crippen molar-refractivity contribution >= 4 is 23.1 Å². The summed E-state index contributed by atoms with van der Waals surface area (Å²) in [6, 6.07) is 13.0. The Hall–Kier alpha value is -2.50. The number of hydrogen-bond acceptors (Lipinski definition) is 4. The van der Waals surface area contributed by atoms with Crippen LogP contribution in [0.5, 0.6) is 11.5 Å². The van der Waals surface area contributed by atoms with Crippen LogP contribution in [-0.4, -0.2) is 29.4 Å². The van der Waals surface area contributed by atoms with E-state index in [0.717, 1.165) is 29.5 Å². The van der Waals surface area contributed by atoms with Crippen LogP contribution in [0.25, 0.3) is 5.57 Å². The van der Waals surface area contributed by atoms with Gasteiger partial charge in [0.1, 0.15) is 11.5 Å². The molecule has 2 atom stereocenters. The molecule has 2 N–H and O–H groups in total. The Balaban J connectivity index is 1.58. The number of amides is 1. The summed E-state index contributed by atoms with van der Waals surface area (Å²) in [5.74, 6) is 0.847. The molecule has 1 heterocycles. The van der Waals surface area contributed by atoms with Gasteiger partial charge in [-0.2, -0.15) is 0 Å². The van der Waals surface area contributed by atoms with Crippen LogP contribution in [0.15, 0.2) is 48.5 Å². The second-order valence-corrected chi connectivity index (χ2v) is 7.18. The minimum Gasteiger partial charge on any atom is -0.481 e. The van der Waals surface area contributed by atoms with E-state index >= 15 is 0 Å². The molecule has 1 fully saturated rings. The molecule has 140 valence electrons. The molecule has 0 spiro atoms. The Morgan fingerprint density at radius 3 is 2.78 bits per heavy atom. The molecule has 0 bridgehead atoms. The highest BCUT2D eigenvalue weighted by Crippen LogP contribution is 2.40. The van der Waals surface area contributed by atoms with Gasteiger partial charge in [0.05, 0.1) is 0 Å². The molecule has 4 rings (SSSR count). The fourth-order valence-electron chi connectivity index (χ4n) is 3.01. The number of carbonyl (C=O) groups is 1. The molecule has 2 aromatic carbocycles. The number of halogens is 1. The van der Waals surface area contributed by atoms with Gasteiger partial charge >= 0.3 is 0 Å². The number of nitrogens with one attached hydrogen (secondary N) is 1. The summed E-state index contributed by atoms with van der Waals surface area (Å²) in [4.78, 5) is 12.1. The number of hydrogen-bond donors (Lipinski definition) is 2. The third-order valence-electron chi connectivity index (χ3n) is 4.57. The maximum Gasteiger partial charge on any atom is 0.260 e. The first kappa shape index (κ1) is 17.9. The normalized spacial score (nSPS) is 19.4. The van der Waals surface area contributed by atoms with Crippen LogP contribution in [0.4, 0.5) is 0 Å². The SMILES string of the molecule is CC(Oc1ccc2c(c1)OC(O)C=C2c1ccccc1Cl)C(=O)NC1CC1. The Morgan fingerprint density at radius 2 is 2.04 bits per heavy atom. The third kappa shape index (κ3) is 3.94. The first-order chi connectivity index (χ1) is 13.0. The van der Waals surface area contributed by atoms with Crippen LogP contribution in [0.1, 0.15) is 30.9 Å². The zero-order chi connectivity index (χ0) is 19.0. The molecule has 6 heteroatoms. The molecular weight excluding hydrogens is 366 g/mol. The highest BCUT2D eigenvalue weighted by Gasteiger charge is 2.27. The van der Waals surface area contributed by atoms with Gasteiger partial charge < -0.3 is 19.9 Å². The van der Waals surface area contributed by atoms with Gasteiger partial charge in [-0.25, -0.2) is 0 Å². The van der Waals surface area contributed by atoms with Gasteiger partial charge in [0.25, 0.3) is 5.91 Å². The number of aliphatic hydroxyl groups is 1. The first-order valence-corrected chi connectivity index (χ1v) is 9.32. The van der Waals surface area contributed by atoms with E-state index in [1.54, 1.807) is 31.2 Å². The van der Waals surface area contributed by atoms with Crippen LogP contribution in [-0.2, 0) is 4.79 Å². The molecule has 1 saturated carbocycles. The predicted molar refractivity (Wildman–Crippen MR) is 103 cm³/mol. The number of benzene rings is 2. The van der Waals surface area contributed by atoms with E-state index in [2.05, 4.69) is 5.32 Å². The lowest BCUT2D eigenvalue weighted by molar-refractivity contribution is -0.127. The van der Waals surface area contributed by atoms with Crippen molar-refractivity contribution in [3.8, 4) is 11.5 Å². The molecule has 2 aromatic rings. The van der Waals surface area contributed by atoms with Crippen molar-refractivity contribution in [2.75, 3.05) is 0 Å². The fourth-order valence-corrected chi connectivity index (χ4v) is 3.25. The molecule has 0 radical (unpaired) electrons. The molecule has 1 amide bonds. The van der Waals surface area contributed by atoms with E-state index < -0.39 is 12.4 Å². The van der Waals surface area contributed by atoms with Crippen molar-refractivity contribution in [2.45, 2.75) is 38.2 Å². The zero-order valence-corrected chi connectivity index (χ0v) is 15.6. The summed E-state index contributed by atoms with van der Waals surface area (Å²) in [6.07, 6.45) is 1.97. The van der Waals surface area contributed by atoms with Gasteiger partial charge in [-0.15, -0.1) is 0 Å². The Morgan fingerprint density at radius 1 is 1.26 bits per heavy atom. The number of ether oxygens (including phenoxy) is 2. The summed E-state index contributed by atoms with van der Waals surface area (Å²) in [7, 11) is 0. The van der Waals surface area contributed by atoms with Gasteiger partial charge in [-0.3, -0.25) is 4.79 Å². The lowest BCUT2D eigenvalue weighted by atomic mass is 9.95. The van der Waals surface area contributed by atoms with Crippen LogP contribution >= 0.6 is 11.6 Å². The summed E-state index contributed by atoms with van der Waals surface area (Å²) in [5.41, 5.74) is 2.41. The zero-order valence-electron chi connectivity index (χ0n) is 14.8. The van der Waals surface area contributed by atoms with Crippen molar-refractivity contribution in [3.63, 3.8) is 0 Å². The van der Waals surface area contributed by atoms with Gasteiger partial charge in [0.2, 0.25) is 6.29 Å². The number of fused-ring (bicyclic) bond motifs is 1. The van der Waals surface area contributed by atoms with Crippen molar-refractivity contribution < 1.29 is 19.4 Å². The second kappa shape index (κ2) is 7.25. The van der Waals surface area contributed by atoms with E-state index in [1.165, 1.54) is 0 Å². The standard InChI is InChI=1S/C21H20ClNO4/c1-12(21(25)23-13-6-7-13)26-14-8-9-16-17(11-20(24)27-19(16)10-14)15-4-2-3-5-18(15)22/h2-5,8-13,20,24H,6-7H2,1H3,(H,23,25). The van der Waals surface area contributed by atoms with Gasteiger partial charge in [-0.05, 0) is 49.6 Å². The quantitative estimate of drug-likeness (QED) is 0.826. The Labute approximate surface area is 162 Å². The third-order valence-corrected chi connectivity index (χ3v) is 4.90. The highest BCUT2D eigenvalue weighted by molar-refractivity contribution is 6.32. The van der Waals surface area contributed by atoms with Crippen molar-refractivity contribution in [1.29, 1.82) is 0 Å². The van der Waals surface area contributed by atoms with Crippen LogP contribution in [0, 0.1) is 0 Å². The Bertz CT molecular complexity index is 907. The van der Waals surface area contributed by atoms with Crippen molar-refractivity contribution in [1.82, 2.24) is 5.32 Å². The van der Waals surface area contributed by atoms with Crippen LogP contribution < -0.4 is 14.8 Å². The van der Waals surface area contributed by atoms with Crippen LogP contribution in [0.2, 0.25) is 5.02 Å². The van der Waals surface area contributed by atoms with Gasteiger partial charge in [0, 0.05) is 28.3 Å². The van der Waals surface area contributed by atoms with E-state index in [9.17, 15) is 9.90 Å². The number of rotatable bonds is 5. The van der Waals surface area contributed by atoms with Crippen molar-refractivity contribution in [2.24, 2.45) is 0 Å². The maximum absolute atomic E-state index is 12.1. The minimum absolute atomic E-state index is 0.132. The van der Waals surface area contributed by atoms with E-state index in [1.807, 2.05) is 24.3 Å². The molecule has 0 aromatic heterocycles. The largest absolute Gasteiger partial charge is 0.481 e. The van der Waals surface area contributed by atoms with E-state index in [4.69, 9.17) is 21.1 Å². The van der Waals surface area contributed by atoms with Crippen LogP contribution in [0.3, 0.4) is 0 Å². The summed E-state index contributed by atoms with van der Waals surface area (Å²) in [5, 5.41) is 13.6. The predicted octanol–water partition coefficient (Wildman–Crippen LogP) is 3.53. The Kier molecular flexibility index (Phi) is 4.81. The van der Waals surface area contributed by atoms with E-state index in [-0.39, 0.29) is 11.9 Å². The lowest BCUT2D eigenvalue weighted by Gasteiger charge is -2.24.